The van der Waals surface area contributed by atoms with Gasteiger partial charge in [-0.2, -0.15) is 0 Å². The first-order valence-corrected chi connectivity index (χ1v) is 11.2. The van der Waals surface area contributed by atoms with E-state index in [0.717, 1.165) is 3.97 Å². The molecule has 0 saturated heterocycles. The van der Waals surface area contributed by atoms with Crippen molar-refractivity contribution in [3.8, 4) is 5.75 Å². The zero-order valence-corrected chi connectivity index (χ0v) is 17.1. The highest BCUT2D eigenvalue weighted by Crippen LogP contribution is 2.27. The molecular formula is C17H20N4O5S2. The van der Waals surface area contributed by atoms with E-state index in [-0.39, 0.29) is 22.0 Å². The molecule has 0 amide bonds. The molecule has 2 aromatic carbocycles. The van der Waals surface area contributed by atoms with Crippen molar-refractivity contribution in [3.63, 3.8) is 0 Å². The molecule has 0 spiro atoms. The highest BCUT2D eigenvalue weighted by atomic mass is 32.2. The molecule has 0 fully saturated rings. The second-order valence-electron chi connectivity index (χ2n) is 6.31. The van der Waals surface area contributed by atoms with Crippen molar-refractivity contribution in [1.29, 1.82) is 0 Å². The minimum atomic E-state index is -3.88. The zero-order chi connectivity index (χ0) is 20.7. The van der Waals surface area contributed by atoms with Crippen LogP contribution in [0.15, 0.2) is 47.4 Å². The number of benzene rings is 2. The number of methoxy groups -OCH3 is 1. The molecule has 0 aliphatic rings. The first-order valence-electron chi connectivity index (χ1n) is 8.25. The number of aromatic nitrogens is 2. The molecule has 0 aliphatic heterocycles. The van der Waals surface area contributed by atoms with Crippen LogP contribution in [0.5, 0.6) is 5.75 Å². The van der Waals surface area contributed by atoms with Gasteiger partial charge in [0.05, 0.1) is 34.0 Å². The molecule has 1 aromatic heterocycles. The fourth-order valence-corrected chi connectivity index (χ4v) is 4.78. The van der Waals surface area contributed by atoms with Crippen LogP contribution in [0.4, 0.5) is 11.6 Å². The fraction of sp³-hybridized carbons (Fsp3) is 0.235. The Hall–Kier alpha value is -2.79. The number of hydrogen-bond donors (Lipinski definition) is 2. The van der Waals surface area contributed by atoms with Gasteiger partial charge in [-0.1, -0.05) is 0 Å². The molecule has 0 atom stereocenters. The van der Waals surface area contributed by atoms with Crippen LogP contribution in [0, 0.1) is 0 Å². The van der Waals surface area contributed by atoms with Crippen molar-refractivity contribution in [2.24, 2.45) is 0 Å². The van der Waals surface area contributed by atoms with Crippen LogP contribution < -0.4 is 15.2 Å². The Morgan fingerprint density at radius 3 is 2.29 bits per heavy atom. The zero-order valence-electron chi connectivity index (χ0n) is 15.4. The summed E-state index contributed by atoms with van der Waals surface area (Å²) in [5.74, 6) is 0.345. The lowest BCUT2D eigenvalue weighted by molar-refractivity contribution is 0.414. The van der Waals surface area contributed by atoms with Gasteiger partial charge < -0.3 is 10.5 Å². The van der Waals surface area contributed by atoms with Gasteiger partial charge in [0, 0.05) is 0 Å². The lowest BCUT2D eigenvalue weighted by Gasteiger charge is -2.12. The third-order valence-electron chi connectivity index (χ3n) is 4.11. The molecule has 3 N–H and O–H groups in total. The van der Waals surface area contributed by atoms with E-state index in [1.807, 2.05) is 0 Å². The number of nitrogen functional groups attached to an aromatic ring is 1. The summed E-state index contributed by atoms with van der Waals surface area (Å²) in [6.45, 7) is 3.05. The third kappa shape index (κ3) is 3.50. The van der Waals surface area contributed by atoms with E-state index in [9.17, 15) is 16.8 Å². The molecule has 9 nitrogen and oxygen atoms in total. The van der Waals surface area contributed by atoms with Crippen LogP contribution in [-0.4, -0.2) is 38.2 Å². The number of anilines is 2. The molecule has 0 radical (unpaired) electrons. The summed E-state index contributed by atoms with van der Waals surface area (Å²) in [4.78, 5) is 4.09. The molecule has 0 aliphatic carbocycles. The van der Waals surface area contributed by atoms with Gasteiger partial charge in [-0.25, -0.2) is 25.8 Å². The third-order valence-corrected chi connectivity index (χ3v) is 7.59. The number of imidazole rings is 1. The van der Waals surface area contributed by atoms with Crippen molar-refractivity contribution in [1.82, 2.24) is 8.96 Å². The second kappa shape index (κ2) is 6.99. The van der Waals surface area contributed by atoms with Gasteiger partial charge in [0.25, 0.3) is 10.0 Å². The number of fused-ring (bicyclic) bond motifs is 1. The van der Waals surface area contributed by atoms with Gasteiger partial charge in [-0.15, -0.1) is 0 Å². The van der Waals surface area contributed by atoms with Crippen LogP contribution in [0.2, 0.25) is 0 Å². The monoisotopic (exact) mass is 424 g/mol. The molecule has 3 rings (SSSR count). The van der Waals surface area contributed by atoms with Crippen LogP contribution in [0.3, 0.4) is 0 Å². The van der Waals surface area contributed by atoms with Crippen molar-refractivity contribution < 1.29 is 21.6 Å². The average Bonchev–Trinajstić information content (AvgIpc) is 2.97. The Bertz CT molecular complexity index is 1230. The number of hydrogen-bond acceptors (Lipinski definition) is 7. The van der Waals surface area contributed by atoms with Gasteiger partial charge in [-0.3, -0.25) is 4.72 Å². The molecule has 11 heteroatoms. The Labute approximate surface area is 163 Å². The number of rotatable bonds is 6. The van der Waals surface area contributed by atoms with E-state index >= 15 is 0 Å². The number of ether oxygens (including phenoxy) is 1. The Balaban J connectivity index is 2.05. The maximum absolute atomic E-state index is 12.6. The molecule has 1 heterocycles. The summed E-state index contributed by atoms with van der Waals surface area (Å²) < 4.78 is 58.8. The van der Waals surface area contributed by atoms with Gasteiger partial charge in [-0.05, 0) is 56.3 Å². The molecule has 0 bridgehead atoms. The number of nitrogens with zero attached hydrogens (tertiary/aromatic N) is 2. The minimum absolute atomic E-state index is 0.0382. The molecule has 28 heavy (non-hydrogen) atoms. The molecule has 150 valence electrons. The standard InChI is InChI=1S/C17H20N4O5S2/c1-11(2)28(24,25)21-16-10-12(4-9-15(16)19-17(21)18)20-27(22,23)14-7-5-13(26-3)6-8-14/h4-11,20H,1-3H3,(H2,18,19). The fourth-order valence-electron chi connectivity index (χ4n) is 2.58. The largest absolute Gasteiger partial charge is 0.497 e. The predicted molar refractivity (Wildman–Crippen MR) is 107 cm³/mol. The van der Waals surface area contributed by atoms with Gasteiger partial charge in [0.15, 0.2) is 0 Å². The maximum atomic E-state index is 12.6. The molecule has 3 aromatic rings. The van der Waals surface area contributed by atoms with Gasteiger partial charge >= 0.3 is 0 Å². The number of nitrogens with two attached hydrogens (primary N) is 1. The summed E-state index contributed by atoms with van der Waals surface area (Å²) in [6.07, 6.45) is 0. The van der Waals surface area contributed by atoms with E-state index in [1.54, 1.807) is 0 Å². The summed E-state index contributed by atoms with van der Waals surface area (Å²) in [6, 6.07) is 10.3. The van der Waals surface area contributed by atoms with Crippen molar-refractivity contribution in [3.05, 3.63) is 42.5 Å². The Kier molecular flexibility index (Phi) is 4.98. The van der Waals surface area contributed by atoms with Crippen molar-refractivity contribution in [2.45, 2.75) is 24.0 Å². The van der Waals surface area contributed by atoms with Crippen LogP contribution in [-0.2, 0) is 20.0 Å². The van der Waals surface area contributed by atoms with Crippen molar-refractivity contribution in [2.75, 3.05) is 17.6 Å². The molecule has 0 saturated carbocycles. The Morgan fingerprint density at radius 2 is 1.71 bits per heavy atom. The maximum Gasteiger partial charge on any atom is 0.261 e. The predicted octanol–water partition coefficient (Wildman–Crippen LogP) is 2.01. The first kappa shape index (κ1) is 20.0. The molecular weight excluding hydrogens is 404 g/mol. The van der Waals surface area contributed by atoms with Crippen LogP contribution >= 0.6 is 0 Å². The second-order valence-corrected chi connectivity index (χ2v) is 10.3. The van der Waals surface area contributed by atoms with E-state index in [0.29, 0.717) is 11.3 Å². The highest BCUT2D eigenvalue weighted by molar-refractivity contribution is 7.92. The Morgan fingerprint density at radius 1 is 1.07 bits per heavy atom. The number of nitrogens with one attached hydrogen (secondary N) is 1. The summed E-state index contributed by atoms with van der Waals surface area (Å²) >= 11 is 0. The average molecular weight is 425 g/mol. The topological polar surface area (TPSA) is 133 Å². The van der Waals surface area contributed by atoms with E-state index in [4.69, 9.17) is 10.5 Å². The first-order chi connectivity index (χ1) is 13.1. The van der Waals surface area contributed by atoms with E-state index in [2.05, 4.69) is 9.71 Å². The summed E-state index contributed by atoms with van der Waals surface area (Å²) in [5.41, 5.74) is 6.52. The lowest BCUT2D eigenvalue weighted by atomic mass is 10.3. The van der Waals surface area contributed by atoms with E-state index < -0.39 is 25.3 Å². The van der Waals surface area contributed by atoms with Crippen molar-refractivity contribution >= 4 is 42.7 Å². The van der Waals surface area contributed by atoms with Crippen LogP contribution in [0.1, 0.15) is 13.8 Å². The SMILES string of the molecule is COc1ccc(S(=O)(=O)Nc2ccc3nc(N)n(S(=O)(=O)C(C)C)c3c2)cc1. The van der Waals surface area contributed by atoms with Gasteiger partial charge in [0.2, 0.25) is 16.0 Å². The number of sulfonamides is 1. The molecule has 0 unspecified atom stereocenters. The lowest BCUT2D eigenvalue weighted by Crippen LogP contribution is -2.23. The van der Waals surface area contributed by atoms with Gasteiger partial charge in [0.1, 0.15) is 5.75 Å². The normalized spacial score (nSPS) is 12.4. The smallest absolute Gasteiger partial charge is 0.261 e. The van der Waals surface area contributed by atoms with Crippen LogP contribution in [0.25, 0.3) is 11.0 Å². The van der Waals surface area contributed by atoms with E-state index in [1.165, 1.54) is 63.4 Å². The minimum Gasteiger partial charge on any atom is -0.497 e. The highest BCUT2D eigenvalue weighted by Gasteiger charge is 2.25. The summed E-state index contributed by atoms with van der Waals surface area (Å²) in [5, 5.41) is -0.730. The summed E-state index contributed by atoms with van der Waals surface area (Å²) in [7, 11) is -6.17. The quantitative estimate of drug-likeness (QED) is 0.618.